The molecule has 0 aromatic rings. The molecule has 0 bridgehead atoms. The first kappa shape index (κ1) is 245. The summed E-state index contributed by atoms with van der Waals surface area (Å²) < 4.78 is 0. The summed E-state index contributed by atoms with van der Waals surface area (Å²) in [4.78, 5) is 0. The standard InChI is InChI=1S/Ca.Cs.9FH.U/h;;9*1H;/q+2;+1;;;;;;;;;;+6/p-9. The van der Waals surface area contributed by atoms with E-state index >= 15 is 0 Å². The van der Waals surface area contributed by atoms with Crippen molar-refractivity contribution in [1.29, 1.82) is 0 Å². The zero-order valence-electron chi connectivity index (χ0n) is 5.61. The molecule has 0 aliphatic rings. The van der Waals surface area contributed by atoms with Crippen LogP contribution < -0.4 is 111 Å². The van der Waals surface area contributed by atoms with Gasteiger partial charge in [0.05, 0.1) is 0 Å². The van der Waals surface area contributed by atoms with Gasteiger partial charge in [-0.1, -0.05) is 0 Å². The third-order valence-corrected chi connectivity index (χ3v) is 0. The van der Waals surface area contributed by atoms with Crippen LogP contribution in [-0.2, 0) is 0 Å². The van der Waals surface area contributed by atoms with Gasteiger partial charge in [-0.3, -0.25) is 0 Å². The second-order valence-corrected chi connectivity index (χ2v) is 0. The molecule has 0 fully saturated rings. The largest absolute Gasteiger partial charge is 6.00 e. The van der Waals surface area contributed by atoms with Crippen molar-refractivity contribution >= 4 is 37.7 Å². The Morgan fingerprint density at radius 2 is 0.333 bits per heavy atom. The molecule has 0 aromatic carbocycles. The molecule has 0 saturated carbocycles. The van der Waals surface area contributed by atoms with Gasteiger partial charge < -0.3 is 42.3 Å². The molecule has 0 spiro atoms. The summed E-state index contributed by atoms with van der Waals surface area (Å²) in [6.07, 6.45) is 0. The van der Waals surface area contributed by atoms with E-state index in [0.29, 0.717) is 0 Å². The van der Waals surface area contributed by atoms with Crippen molar-refractivity contribution in [1.82, 2.24) is 0 Å². The van der Waals surface area contributed by atoms with Gasteiger partial charge in [0.25, 0.3) is 0 Å². The fraction of sp³-hybridized carbons (Fsp3) is 0. The van der Waals surface area contributed by atoms with Gasteiger partial charge in [0.2, 0.25) is 0 Å². The maximum Gasteiger partial charge on any atom is 6.00 e. The first-order valence-corrected chi connectivity index (χ1v) is 0. The van der Waals surface area contributed by atoms with Crippen molar-refractivity contribution in [2.75, 3.05) is 0 Å². The Morgan fingerprint density at radius 1 is 0.333 bits per heavy atom. The molecule has 0 aliphatic carbocycles. The van der Waals surface area contributed by atoms with E-state index in [9.17, 15) is 0 Å². The SMILES string of the molecule is [Ca+2].[Cs+].[F-].[F-].[F-].[F-].[F-].[F-].[F-].[F-].[F-].[U+6]. The topological polar surface area (TPSA) is 0 Å². The number of rotatable bonds is 0. The van der Waals surface area contributed by atoms with Crippen molar-refractivity contribution in [2.24, 2.45) is 0 Å². The van der Waals surface area contributed by atoms with Crippen LogP contribution in [0.5, 0.6) is 0 Å². The van der Waals surface area contributed by atoms with Crippen molar-refractivity contribution in [3.05, 3.63) is 0 Å². The summed E-state index contributed by atoms with van der Waals surface area (Å²) >= 11 is 0. The molecule has 0 aliphatic heterocycles. The second-order valence-electron chi connectivity index (χ2n) is 0. The summed E-state index contributed by atoms with van der Waals surface area (Å²) in [6, 6.07) is 0. The molecule has 12 heteroatoms. The molecule has 70 valence electrons. The molecular weight excluding hydrogens is 582 g/mol. The third kappa shape index (κ3) is 160. The predicted molar refractivity (Wildman–Crippen MR) is 5.75 cm³/mol. The Kier molecular flexibility index (Phi) is 4070. The summed E-state index contributed by atoms with van der Waals surface area (Å²) in [6.45, 7) is 0. The molecule has 0 unspecified atom stereocenters. The van der Waals surface area contributed by atoms with Gasteiger partial charge >= 0.3 is 138 Å². The molecule has 0 aromatic heterocycles. The van der Waals surface area contributed by atoms with Gasteiger partial charge in [-0.2, -0.15) is 0 Å². The predicted octanol–water partition coefficient (Wildman–Crippen LogP) is -30.3. The van der Waals surface area contributed by atoms with Gasteiger partial charge in [-0.05, 0) is 0 Å². The summed E-state index contributed by atoms with van der Waals surface area (Å²) in [5, 5.41) is 0. The van der Waals surface area contributed by atoms with Crippen LogP contribution in [0, 0.1) is 31.1 Å². The van der Waals surface area contributed by atoms with E-state index in [1.165, 1.54) is 0 Å². The Hall–Kier alpha value is 3.73. The minimum absolute atomic E-state index is 0. The van der Waals surface area contributed by atoms with Crippen molar-refractivity contribution in [3.63, 3.8) is 0 Å². The molecule has 12 heavy (non-hydrogen) atoms. The molecule has 0 atom stereocenters. The Morgan fingerprint density at radius 3 is 0.333 bits per heavy atom. The van der Waals surface area contributed by atoms with Gasteiger partial charge in [0.15, 0.2) is 0 Å². The van der Waals surface area contributed by atoms with Crippen molar-refractivity contribution in [3.8, 4) is 0 Å². The molecule has 0 saturated heterocycles. The summed E-state index contributed by atoms with van der Waals surface area (Å²) in [5.41, 5.74) is 0. The smallest absolute Gasteiger partial charge is 1.00 e. The summed E-state index contributed by atoms with van der Waals surface area (Å²) in [7, 11) is 0. The van der Waals surface area contributed by atoms with E-state index in [1.54, 1.807) is 0 Å². The number of hydrogen-bond donors (Lipinski definition) is 0. The molecular formula is CaCsF9U. The molecule has 0 rings (SSSR count). The van der Waals surface area contributed by atoms with Gasteiger partial charge in [-0.25, -0.2) is 0 Å². The van der Waals surface area contributed by atoms with Gasteiger partial charge in [0, 0.05) is 0 Å². The number of hydrogen-bond acceptors (Lipinski definition) is 0. The quantitative estimate of drug-likeness (QED) is 0.197. The van der Waals surface area contributed by atoms with Crippen LogP contribution in [0.15, 0.2) is 0 Å². The van der Waals surface area contributed by atoms with Crippen LogP contribution in [0.3, 0.4) is 0 Å². The van der Waals surface area contributed by atoms with Crippen LogP contribution in [0.4, 0.5) is 0 Å². The van der Waals surface area contributed by atoms with Gasteiger partial charge in [0.1, 0.15) is 0 Å². The second kappa shape index (κ2) is 199. The molecule has 0 heterocycles. The average molecular weight is 582 g/mol. The van der Waals surface area contributed by atoms with E-state index in [4.69, 9.17) is 0 Å². The zero-order valence-corrected chi connectivity index (χ0v) is 18.3. The minimum Gasteiger partial charge on any atom is -1.00 e. The average Bonchev–Trinajstić information content (AvgIpc) is 0. The van der Waals surface area contributed by atoms with Gasteiger partial charge in [-0.15, -0.1) is 0 Å². The van der Waals surface area contributed by atoms with Crippen LogP contribution >= 0.6 is 0 Å². The number of halogens is 9. The van der Waals surface area contributed by atoms with Crippen molar-refractivity contribution in [2.45, 2.75) is 0 Å². The fourth-order valence-electron chi connectivity index (χ4n) is 0. The first-order valence-electron chi connectivity index (χ1n) is 0. The fourth-order valence-corrected chi connectivity index (χ4v) is 0. The molecule has 0 N–H and O–H groups in total. The van der Waals surface area contributed by atoms with E-state index < -0.39 is 0 Å². The molecule has 0 amide bonds. The normalized spacial score (nSPS) is 0. The monoisotopic (exact) mass is 582 g/mol. The Bertz CT molecular complexity index is 14.5. The van der Waals surface area contributed by atoms with E-state index in [2.05, 4.69) is 0 Å². The minimum atomic E-state index is 0. The first-order chi connectivity index (χ1) is 0. The van der Waals surface area contributed by atoms with Crippen LogP contribution in [0.2, 0.25) is 0 Å². The molecule has 0 nitrogen and oxygen atoms in total. The maximum absolute atomic E-state index is 0. The summed E-state index contributed by atoms with van der Waals surface area (Å²) in [5.74, 6) is 0. The Balaban J connectivity index is 0. The van der Waals surface area contributed by atoms with E-state index in [0.717, 1.165) is 0 Å². The van der Waals surface area contributed by atoms with Crippen LogP contribution in [-0.4, -0.2) is 37.7 Å². The van der Waals surface area contributed by atoms with E-state index in [-0.39, 0.29) is 180 Å². The van der Waals surface area contributed by atoms with Crippen molar-refractivity contribution < 1.29 is 142 Å². The Labute approximate surface area is 175 Å². The maximum atomic E-state index is 0. The van der Waals surface area contributed by atoms with Crippen LogP contribution in [0.25, 0.3) is 0 Å². The van der Waals surface area contributed by atoms with Crippen LogP contribution in [0.1, 0.15) is 0 Å². The third-order valence-electron chi connectivity index (χ3n) is 0. The van der Waals surface area contributed by atoms with E-state index in [1.807, 2.05) is 0 Å². The zero-order chi connectivity index (χ0) is 0. The molecule has 0 radical (unpaired) electrons.